The van der Waals surface area contributed by atoms with Crippen molar-refractivity contribution >= 4 is 16.7 Å². The van der Waals surface area contributed by atoms with Crippen molar-refractivity contribution in [2.75, 3.05) is 39.3 Å². The highest BCUT2D eigenvalue weighted by Crippen LogP contribution is 2.31. The van der Waals surface area contributed by atoms with Crippen LogP contribution in [0, 0.1) is 5.92 Å². The van der Waals surface area contributed by atoms with E-state index in [4.69, 9.17) is 4.74 Å². The van der Waals surface area contributed by atoms with Crippen molar-refractivity contribution in [1.82, 2.24) is 9.80 Å². The summed E-state index contributed by atoms with van der Waals surface area (Å²) in [5.74, 6) is 1.42. The Morgan fingerprint density at radius 1 is 1.08 bits per heavy atom. The molecule has 0 spiro atoms. The van der Waals surface area contributed by atoms with Crippen LogP contribution in [-0.2, 0) is 4.79 Å². The standard InChI is InChI=1S/C21H26N2O3/c24-18(14-22-10-12-23(13-11-22)21(25)17-8-9-17)15-26-20-7-3-5-16-4-1-2-6-19(16)20/h1-7,17-18,24H,8-15H2. The van der Waals surface area contributed by atoms with Crippen LogP contribution in [0.1, 0.15) is 12.8 Å². The number of ether oxygens (including phenoxy) is 1. The van der Waals surface area contributed by atoms with Crippen LogP contribution in [-0.4, -0.2) is 66.2 Å². The van der Waals surface area contributed by atoms with Crippen LogP contribution in [0.25, 0.3) is 10.8 Å². The smallest absolute Gasteiger partial charge is 0.225 e. The van der Waals surface area contributed by atoms with E-state index < -0.39 is 6.10 Å². The predicted octanol–water partition coefficient (Wildman–Crippen LogP) is 2.13. The first kappa shape index (κ1) is 17.3. The van der Waals surface area contributed by atoms with E-state index >= 15 is 0 Å². The molecule has 4 rings (SSSR count). The minimum Gasteiger partial charge on any atom is -0.490 e. The maximum absolute atomic E-state index is 12.1. The quantitative estimate of drug-likeness (QED) is 0.864. The molecular formula is C21H26N2O3. The fourth-order valence-electron chi connectivity index (χ4n) is 3.60. The molecule has 2 fully saturated rings. The largest absolute Gasteiger partial charge is 0.490 e. The van der Waals surface area contributed by atoms with Gasteiger partial charge in [0, 0.05) is 44.0 Å². The molecule has 2 aliphatic rings. The second-order valence-electron chi connectivity index (χ2n) is 7.34. The molecule has 2 aromatic carbocycles. The number of benzene rings is 2. The summed E-state index contributed by atoms with van der Waals surface area (Å²) >= 11 is 0. The first-order valence-electron chi connectivity index (χ1n) is 9.50. The van der Waals surface area contributed by atoms with Crippen LogP contribution in [0.2, 0.25) is 0 Å². The molecule has 138 valence electrons. The van der Waals surface area contributed by atoms with Crippen LogP contribution in [0.5, 0.6) is 5.75 Å². The lowest BCUT2D eigenvalue weighted by molar-refractivity contribution is -0.134. The van der Waals surface area contributed by atoms with Crippen molar-refractivity contribution in [3.8, 4) is 5.75 Å². The van der Waals surface area contributed by atoms with Gasteiger partial charge in [-0.15, -0.1) is 0 Å². The van der Waals surface area contributed by atoms with E-state index in [1.807, 2.05) is 35.2 Å². The zero-order valence-corrected chi connectivity index (χ0v) is 15.0. The van der Waals surface area contributed by atoms with Gasteiger partial charge in [-0.2, -0.15) is 0 Å². The monoisotopic (exact) mass is 354 g/mol. The number of β-amino-alcohol motifs (C(OH)–C–C–N with tert-alkyl or cyclic N) is 1. The Morgan fingerprint density at radius 3 is 2.58 bits per heavy atom. The van der Waals surface area contributed by atoms with Crippen LogP contribution < -0.4 is 4.74 Å². The summed E-state index contributed by atoms with van der Waals surface area (Å²) in [6.45, 7) is 4.04. The van der Waals surface area contributed by atoms with E-state index in [1.165, 1.54) is 0 Å². The number of hydrogen-bond acceptors (Lipinski definition) is 4. The van der Waals surface area contributed by atoms with Gasteiger partial charge in [0.25, 0.3) is 0 Å². The lowest BCUT2D eigenvalue weighted by Crippen LogP contribution is -2.51. The van der Waals surface area contributed by atoms with Gasteiger partial charge in [0.05, 0.1) is 0 Å². The number of nitrogens with zero attached hydrogens (tertiary/aromatic N) is 2. The number of hydrogen-bond donors (Lipinski definition) is 1. The molecule has 0 aromatic heterocycles. The summed E-state index contributed by atoms with van der Waals surface area (Å²) in [6.07, 6.45) is 1.58. The SMILES string of the molecule is O=C(C1CC1)N1CCN(CC(O)COc2cccc3ccccc23)CC1. The molecule has 1 saturated carbocycles. The van der Waals surface area contributed by atoms with E-state index in [0.29, 0.717) is 18.4 Å². The second kappa shape index (κ2) is 7.64. The van der Waals surface area contributed by atoms with Crippen molar-refractivity contribution in [2.45, 2.75) is 18.9 Å². The highest BCUT2D eigenvalue weighted by Gasteiger charge is 2.34. The Morgan fingerprint density at radius 2 is 1.81 bits per heavy atom. The molecule has 1 atom stereocenters. The molecule has 1 aliphatic carbocycles. The summed E-state index contributed by atoms with van der Waals surface area (Å²) in [7, 11) is 0. The third-order valence-corrected chi connectivity index (χ3v) is 5.26. The van der Waals surface area contributed by atoms with E-state index in [0.717, 1.165) is 55.5 Å². The third-order valence-electron chi connectivity index (χ3n) is 5.26. The molecule has 26 heavy (non-hydrogen) atoms. The fourth-order valence-corrected chi connectivity index (χ4v) is 3.60. The molecule has 2 aromatic rings. The van der Waals surface area contributed by atoms with Gasteiger partial charge in [-0.3, -0.25) is 9.69 Å². The van der Waals surface area contributed by atoms with Crippen molar-refractivity contribution in [3.05, 3.63) is 42.5 Å². The normalized spacial score (nSPS) is 19.5. The maximum Gasteiger partial charge on any atom is 0.225 e. The van der Waals surface area contributed by atoms with E-state index in [2.05, 4.69) is 17.0 Å². The van der Waals surface area contributed by atoms with Crippen molar-refractivity contribution in [1.29, 1.82) is 0 Å². The molecule has 1 amide bonds. The lowest BCUT2D eigenvalue weighted by atomic mass is 10.1. The van der Waals surface area contributed by atoms with Gasteiger partial charge in [-0.25, -0.2) is 0 Å². The van der Waals surface area contributed by atoms with E-state index in [-0.39, 0.29) is 6.61 Å². The van der Waals surface area contributed by atoms with Gasteiger partial charge in [0.2, 0.25) is 5.91 Å². The summed E-state index contributed by atoms with van der Waals surface area (Å²) in [5, 5.41) is 12.6. The number of carbonyl (C=O) groups excluding carboxylic acids is 1. The summed E-state index contributed by atoms with van der Waals surface area (Å²) in [4.78, 5) is 16.3. The molecule has 0 bridgehead atoms. The predicted molar refractivity (Wildman–Crippen MR) is 101 cm³/mol. The molecule has 0 radical (unpaired) electrons. The first-order valence-corrected chi connectivity index (χ1v) is 9.50. The number of rotatable bonds is 6. The summed E-state index contributed by atoms with van der Waals surface area (Å²) in [6, 6.07) is 14.1. The summed E-state index contributed by atoms with van der Waals surface area (Å²) in [5.41, 5.74) is 0. The minimum atomic E-state index is -0.542. The van der Waals surface area contributed by atoms with E-state index in [1.54, 1.807) is 0 Å². The molecule has 1 aliphatic heterocycles. The Hall–Kier alpha value is -2.11. The van der Waals surface area contributed by atoms with E-state index in [9.17, 15) is 9.90 Å². The number of fused-ring (bicyclic) bond motifs is 1. The van der Waals surface area contributed by atoms with Gasteiger partial charge in [0.1, 0.15) is 18.5 Å². The Kier molecular flexibility index (Phi) is 5.09. The minimum absolute atomic E-state index is 0.273. The van der Waals surface area contributed by atoms with Crippen LogP contribution >= 0.6 is 0 Å². The highest BCUT2D eigenvalue weighted by atomic mass is 16.5. The van der Waals surface area contributed by atoms with Crippen molar-refractivity contribution in [2.24, 2.45) is 5.92 Å². The van der Waals surface area contributed by atoms with Crippen LogP contribution in [0.4, 0.5) is 0 Å². The number of amides is 1. The molecule has 1 heterocycles. The Bertz CT molecular complexity index is 761. The second-order valence-corrected chi connectivity index (χ2v) is 7.34. The van der Waals surface area contributed by atoms with Gasteiger partial charge in [-0.05, 0) is 24.3 Å². The van der Waals surface area contributed by atoms with Gasteiger partial charge >= 0.3 is 0 Å². The molecule has 5 heteroatoms. The Labute approximate surface area is 154 Å². The topological polar surface area (TPSA) is 53.0 Å². The molecule has 1 saturated heterocycles. The Balaban J connectivity index is 1.25. The average molecular weight is 354 g/mol. The first-order chi connectivity index (χ1) is 12.7. The molecular weight excluding hydrogens is 328 g/mol. The fraction of sp³-hybridized carbons (Fsp3) is 0.476. The highest BCUT2D eigenvalue weighted by molar-refractivity contribution is 5.88. The third kappa shape index (κ3) is 4.00. The average Bonchev–Trinajstić information content (AvgIpc) is 3.52. The number of carbonyl (C=O) groups is 1. The lowest BCUT2D eigenvalue weighted by Gasteiger charge is -2.35. The maximum atomic E-state index is 12.1. The number of aliphatic hydroxyl groups is 1. The van der Waals surface area contributed by atoms with Crippen molar-refractivity contribution < 1.29 is 14.6 Å². The van der Waals surface area contributed by atoms with Gasteiger partial charge < -0.3 is 14.7 Å². The zero-order valence-electron chi connectivity index (χ0n) is 15.0. The molecule has 5 nitrogen and oxygen atoms in total. The van der Waals surface area contributed by atoms with Gasteiger partial charge in [-0.1, -0.05) is 36.4 Å². The molecule has 1 unspecified atom stereocenters. The number of aliphatic hydroxyl groups excluding tert-OH is 1. The van der Waals surface area contributed by atoms with Crippen molar-refractivity contribution in [3.63, 3.8) is 0 Å². The van der Waals surface area contributed by atoms with Crippen LogP contribution in [0.15, 0.2) is 42.5 Å². The zero-order chi connectivity index (χ0) is 17.9. The van der Waals surface area contributed by atoms with Gasteiger partial charge in [0.15, 0.2) is 0 Å². The number of piperazine rings is 1. The molecule has 1 N–H and O–H groups in total. The van der Waals surface area contributed by atoms with Crippen LogP contribution in [0.3, 0.4) is 0 Å². The summed E-state index contributed by atoms with van der Waals surface area (Å²) < 4.78 is 5.88.